The minimum atomic E-state index is -0.113. The molecule has 4 heteroatoms. The number of amides is 1. The Bertz CT molecular complexity index is 679. The van der Waals surface area contributed by atoms with Crippen molar-refractivity contribution in [1.82, 2.24) is 5.32 Å². The molecule has 0 aliphatic heterocycles. The van der Waals surface area contributed by atoms with Gasteiger partial charge in [-0.05, 0) is 36.6 Å². The summed E-state index contributed by atoms with van der Waals surface area (Å²) in [6, 6.07) is 14.3. The molecule has 4 nitrogen and oxygen atoms in total. The van der Waals surface area contributed by atoms with Gasteiger partial charge in [0.2, 0.25) is 0 Å². The second-order valence-corrected chi connectivity index (χ2v) is 6.53. The van der Waals surface area contributed by atoms with Gasteiger partial charge in [-0.25, -0.2) is 0 Å². The van der Waals surface area contributed by atoms with Crippen molar-refractivity contribution in [2.75, 3.05) is 20.7 Å². The van der Waals surface area contributed by atoms with E-state index in [0.717, 1.165) is 29.0 Å². The van der Waals surface area contributed by atoms with Crippen molar-refractivity contribution in [2.45, 2.75) is 26.9 Å². The van der Waals surface area contributed by atoms with E-state index >= 15 is 0 Å². The molecule has 1 amide bonds. The van der Waals surface area contributed by atoms with Crippen LogP contribution in [0.4, 0.5) is 0 Å². The first-order valence-corrected chi connectivity index (χ1v) is 8.27. The van der Waals surface area contributed by atoms with Gasteiger partial charge in [0.05, 0.1) is 14.1 Å². The molecule has 0 bridgehead atoms. The molecule has 0 fully saturated rings. The third-order valence-electron chi connectivity index (χ3n) is 3.77. The molecule has 128 valence electrons. The Hall–Kier alpha value is -2.33. The first-order chi connectivity index (χ1) is 11.4. The number of quaternary nitrogens is 1. The Balaban J connectivity index is 1.79. The number of hydrogen-bond acceptors (Lipinski definition) is 2. The quantitative estimate of drug-likeness (QED) is 0.812. The van der Waals surface area contributed by atoms with Crippen molar-refractivity contribution in [2.24, 2.45) is 0 Å². The van der Waals surface area contributed by atoms with Gasteiger partial charge in [-0.2, -0.15) is 0 Å². The zero-order valence-electron chi connectivity index (χ0n) is 15.0. The van der Waals surface area contributed by atoms with Crippen LogP contribution in [0.3, 0.4) is 0 Å². The normalized spacial score (nSPS) is 10.7. The van der Waals surface area contributed by atoms with Gasteiger partial charge in [-0.3, -0.25) is 4.79 Å². The van der Waals surface area contributed by atoms with E-state index in [4.69, 9.17) is 4.74 Å². The van der Waals surface area contributed by atoms with Crippen LogP contribution in [0.1, 0.15) is 22.3 Å². The van der Waals surface area contributed by atoms with Crippen LogP contribution in [0.5, 0.6) is 5.75 Å². The minimum Gasteiger partial charge on any atom is -0.483 e. The first kappa shape index (κ1) is 18.0. The molecule has 0 spiro atoms. The summed E-state index contributed by atoms with van der Waals surface area (Å²) in [5.41, 5.74) is 4.54. The first-order valence-electron chi connectivity index (χ1n) is 8.27. The summed E-state index contributed by atoms with van der Waals surface area (Å²) in [5, 5.41) is 2.89. The van der Waals surface area contributed by atoms with Crippen molar-refractivity contribution in [3.8, 4) is 5.75 Å². The number of benzene rings is 2. The third kappa shape index (κ3) is 5.70. The van der Waals surface area contributed by atoms with E-state index < -0.39 is 0 Å². The maximum absolute atomic E-state index is 12.0. The molecule has 2 aromatic rings. The van der Waals surface area contributed by atoms with Crippen molar-refractivity contribution in [3.05, 3.63) is 64.7 Å². The molecule has 0 saturated heterocycles. The van der Waals surface area contributed by atoms with Crippen molar-refractivity contribution in [1.29, 1.82) is 0 Å². The van der Waals surface area contributed by atoms with Gasteiger partial charge in [0, 0.05) is 12.1 Å². The largest absolute Gasteiger partial charge is 0.483 e. The van der Waals surface area contributed by atoms with Gasteiger partial charge >= 0.3 is 0 Å². The van der Waals surface area contributed by atoms with E-state index in [9.17, 15) is 4.79 Å². The summed E-state index contributed by atoms with van der Waals surface area (Å²) < 4.78 is 5.62. The molecule has 0 radical (unpaired) electrons. The van der Waals surface area contributed by atoms with Crippen LogP contribution in [-0.2, 0) is 17.9 Å². The molecule has 24 heavy (non-hydrogen) atoms. The lowest BCUT2D eigenvalue weighted by atomic mass is 10.1. The molecule has 0 aliphatic carbocycles. The zero-order chi connectivity index (χ0) is 17.5. The van der Waals surface area contributed by atoms with Crippen LogP contribution in [-0.4, -0.2) is 26.6 Å². The van der Waals surface area contributed by atoms with Crippen molar-refractivity contribution < 1.29 is 14.4 Å². The van der Waals surface area contributed by atoms with Gasteiger partial charge in [-0.15, -0.1) is 0 Å². The standard InChI is InChI=1S/C20H26N2O2/c1-15-5-6-16(2)19(11-15)24-14-20(23)21-12-17-7-9-18(10-8-17)13-22(3)4/h5-11H,12-14H2,1-4H3,(H,21,23)/p+1. The molecule has 0 heterocycles. The Morgan fingerprint density at radius 1 is 1.04 bits per heavy atom. The zero-order valence-corrected chi connectivity index (χ0v) is 15.0. The number of nitrogens with one attached hydrogen (secondary N) is 2. The molecular weight excluding hydrogens is 300 g/mol. The van der Waals surface area contributed by atoms with Crippen LogP contribution in [0.25, 0.3) is 0 Å². The minimum absolute atomic E-state index is 0.0341. The van der Waals surface area contributed by atoms with E-state index in [-0.39, 0.29) is 12.5 Å². The molecule has 0 aromatic heterocycles. The lowest BCUT2D eigenvalue weighted by Gasteiger charge is -2.11. The molecule has 0 saturated carbocycles. The summed E-state index contributed by atoms with van der Waals surface area (Å²) >= 11 is 0. The predicted octanol–water partition coefficient (Wildman–Crippen LogP) is 1.64. The van der Waals surface area contributed by atoms with Gasteiger partial charge in [-0.1, -0.05) is 36.4 Å². The number of carbonyl (C=O) groups is 1. The lowest BCUT2D eigenvalue weighted by Crippen LogP contribution is -3.04. The van der Waals surface area contributed by atoms with E-state index in [2.05, 4.69) is 43.7 Å². The SMILES string of the molecule is Cc1ccc(C)c(OCC(=O)NCc2ccc(C[NH+](C)C)cc2)c1. The third-order valence-corrected chi connectivity index (χ3v) is 3.77. The Kier molecular flexibility index (Phi) is 6.38. The number of ether oxygens (including phenoxy) is 1. The smallest absolute Gasteiger partial charge is 0.258 e. The molecule has 0 unspecified atom stereocenters. The fraction of sp³-hybridized carbons (Fsp3) is 0.350. The molecule has 2 aromatic carbocycles. The van der Waals surface area contributed by atoms with Crippen LogP contribution >= 0.6 is 0 Å². The van der Waals surface area contributed by atoms with E-state index in [1.807, 2.05) is 32.0 Å². The van der Waals surface area contributed by atoms with Gasteiger partial charge < -0.3 is 15.0 Å². The van der Waals surface area contributed by atoms with Crippen LogP contribution in [0.2, 0.25) is 0 Å². The molecular formula is C20H27N2O2+. The van der Waals surface area contributed by atoms with Gasteiger partial charge in [0.1, 0.15) is 12.3 Å². The number of hydrogen-bond donors (Lipinski definition) is 2. The van der Waals surface area contributed by atoms with Gasteiger partial charge in [0.25, 0.3) is 5.91 Å². The topological polar surface area (TPSA) is 42.8 Å². The molecule has 0 aliphatic rings. The summed E-state index contributed by atoms with van der Waals surface area (Å²) in [7, 11) is 4.26. The second kappa shape index (κ2) is 8.50. The average Bonchev–Trinajstić information content (AvgIpc) is 2.54. The summed E-state index contributed by atoms with van der Waals surface area (Å²) in [5.74, 6) is 0.651. The molecule has 0 atom stereocenters. The van der Waals surface area contributed by atoms with Crippen LogP contribution < -0.4 is 15.0 Å². The van der Waals surface area contributed by atoms with Crippen molar-refractivity contribution >= 4 is 5.91 Å². The lowest BCUT2D eigenvalue weighted by molar-refractivity contribution is -0.872. The highest BCUT2D eigenvalue weighted by Crippen LogP contribution is 2.18. The summed E-state index contributed by atoms with van der Waals surface area (Å²) in [6.07, 6.45) is 0. The van der Waals surface area contributed by atoms with E-state index in [1.54, 1.807) is 0 Å². The Morgan fingerprint density at radius 2 is 1.71 bits per heavy atom. The van der Waals surface area contributed by atoms with Crippen LogP contribution in [0, 0.1) is 13.8 Å². The number of carbonyl (C=O) groups excluding carboxylic acids is 1. The van der Waals surface area contributed by atoms with E-state index in [0.29, 0.717) is 6.54 Å². The van der Waals surface area contributed by atoms with E-state index in [1.165, 1.54) is 10.5 Å². The fourth-order valence-corrected chi connectivity index (χ4v) is 2.44. The molecule has 2 rings (SSSR count). The highest BCUT2D eigenvalue weighted by molar-refractivity contribution is 5.77. The van der Waals surface area contributed by atoms with Gasteiger partial charge in [0.15, 0.2) is 6.61 Å². The maximum Gasteiger partial charge on any atom is 0.258 e. The highest BCUT2D eigenvalue weighted by atomic mass is 16.5. The molecule has 2 N–H and O–H groups in total. The predicted molar refractivity (Wildman–Crippen MR) is 96.2 cm³/mol. The Labute approximate surface area is 144 Å². The second-order valence-electron chi connectivity index (χ2n) is 6.53. The number of rotatable bonds is 7. The van der Waals surface area contributed by atoms with Crippen molar-refractivity contribution in [3.63, 3.8) is 0 Å². The Morgan fingerprint density at radius 3 is 2.38 bits per heavy atom. The monoisotopic (exact) mass is 327 g/mol. The average molecular weight is 327 g/mol. The number of aryl methyl sites for hydroxylation is 2. The summed E-state index contributed by atoms with van der Waals surface area (Å²) in [4.78, 5) is 13.3. The van der Waals surface area contributed by atoms with Crippen LogP contribution in [0.15, 0.2) is 42.5 Å². The summed E-state index contributed by atoms with van der Waals surface area (Å²) in [6.45, 7) is 5.53. The fourth-order valence-electron chi connectivity index (χ4n) is 2.44. The highest BCUT2D eigenvalue weighted by Gasteiger charge is 2.06. The maximum atomic E-state index is 12.0.